The standard InChI is InChI=1S/C38H48N4O3/c1-3-5-7-9-11-12-14-16-18-30-28-41-37(42-29-30)31-19-21-32(22-20-31)38(43)45-36-24-23-35(33(26-39)34(36)27-40)44-25-17-15-13-10-8-6-4-2/h19-24,28-29H,3-18,25H2,1-2H3. The van der Waals surface area contributed by atoms with E-state index in [1.165, 1.54) is 76.7 Å². The van der Waals surface area contributed by atoms with Gasteiger partial charge in [0, 0.05) is 18.0 Å². The number of rotatable bonds is 21. The van der Waals surface area contributed by atoms with E-state index in [0.29, 0.717) is 23.7 Å². The molecule has 7 nitrogen and oxygen atoms in total. The summed E-state index contributed by atoms with van der Waals surface area (Å²) in [5.74, 6) is 0.322. The molecule has 7 heteroatoms. The van der Waals surface area contributed by atoms with Crippen molar-refractivity contribution in [2.75, 3.05) is 6.61 Å². The van der Waals surface area contributed by atoms with Crippen LogP contribution in [0.2, 0.25) is 0 Å². The van der Waals surface area contributed by atoms with Gasteiger partial charge >= 0.3 is 5.97 Å². The van der Waals surface area contributed by atoms with Crippen LogP contribution in [0.5, 0.6) is 11.5 Å². The molecule has 45 heavy (non-hydrogen) atoms. The van der Waals surface area contributed by atoms with Crippen LogP contribution in [-0.2, 0) is 6.42 Å². The molecule has 3 aromatic rings. The first-order chi connectivity index (χ1) is 22.1. The van der Waals surface area contributed by atoms with Crippen LogP contribution >= 0.6 is 0 Å². The van der Waals surface area contributed by atoms with Crippen molar-refractivity contribution in [3.05, 3.63) is 71.0 Å². The van der Waals surface area contributed by atoms with Crippen LogP contribution in [0.3, 0.4) is 0 Å². The van der Waals surface area contributed by atoms with Gasteiger partial charge in [0.25, 0.3) is 0 Å². The van der Waals surface area contributed by atoms with E-state index in [4.69, 9.17) is 9.47 Å². The molecule has 0 aliphatic heterocycles. The Morgan fingerprint density at radius 3 is 1.76 bits per heavy atom. The quantitative estimate of drug-likeness (QED) is 0.0672. The molecule has 0 fully saturated rings. The van der Waals surface area contributed by atoms with Gasteiger partial charge in [-0.15, -0.1) is 0 Å². The first-order valence-electron chi connectivity index (χ1n) is 16.8. The summed E-state index contributed by atoms with van der Waals surface area (Å²) in [6.07, 6.45) is 23.1. The average Bonchev–Trinajstić information content (AvgIpc) is 3.07. The van der Waals surface area contributed by atoms with E-state index < -0.39 is 5.97 Å². The third-order valence-electron chi connectivity index (χ3n) is 7.96. The number of hydrogen-bond donors (Lipinski definition) is 0. The molecule has 0 amide bonds. The van der Waals surface area contributed by atoms with Crippen LogP contribution in [0.25, 0.3) is 11.4 Å². The van der Waals surface area contributed by atoms with Crippen molar-refractivity contribution in [2.45, 2.75) is 117 Å². The fourth-order valence-corrected chi connectivity index (χ4v) is 5.24. The second-order valence-electron chi connectivity index (χ2n) is 11.6. The average molecular weight is 609 g/mol. The molecular weight excluding hydrogens is 560 g/mol. The maximum atomic E-state index is 12.9. The van der Waals surface area contributed by atoms with E-state index in [-0.39, 0.29) is 16.9 Å². The van der Waals surface area contributed by atoms with Gasteiger partial charge in [-0.05, 0) is 49.1 Å². The Balaban J connectivity index is 1.51. The van der Waals surface area contributed by atoms with Crippen LogP contribution in [0.4, 0.5) is 0 Å². The van der Waals surface area contributed by atoms with Gasteiger partial charge in [-0.1, -0.05) is 109 Å². The Morgan fingerprint density at radius 1 is 0.667 bits per heavy atom. The normalized spacial score (nSPS) is 10.7. The molecule has 0 radical (unpaired) electrons. The number of esters is 1. The number of nitriles is 2. The van der Waals surface area contributed by atoms with E-state index in [9.17, 15) is 15.3 Å². The van der Waals surface area contributed by atoms with Gasteiger partial charge in [0.15, 0.2) is 11.6 Å². The highest BCUT2D eigenvalue weighted by molar-refractivity contribution is 5.92. The lowest BCUT2D eigenvalue weighted by Gasteiger charge is -2.12. The van der Waals surface area contributed by atoms with Crippen molar-refractivity contribution < 1.29 is 14.3 Å². The van der Waals surface area contributed by atoms with Crippen molar-refractivity contribution in [3.8, 4) is 35.0 Å². The summed E-state index contributed by atoms with van der Waals surface area (Å²) < 4.78 is 11.4. The molecule has 3 rings (SSSR count). The van der Waals surface area contributed by atoms with Crippen molar-refractivity contribution in [2.24, 2.45) is 0 Å². The van der Waals surface area contributed by atoms with Crippen LogP contribution in [0, 0.1) is 22.7 Å². The maximum absolute atomic E-state index is 12.9. The number of nitrogens with zero attached hydrogens (tertiary/aromatic N) is 4. The lowest BCUT2D eigenvalue weighted by molar-refractivity contribution is 0.0734. The van der Waals surface area contributed by atoms with Crippen LogP contribution in [0.15, 0.2) is 48.8 Å². The van der Waals surface area contributed by atoms with E-state index >= 15 is 0 Å². The summed E-state index contributed by atoms with van der Waals surface area (Å²) in [5, 5.41) is 19.5. The molecule has 0 N–H and O–H groups in total. The minimum Gasteiger partial charge on any atom is -0.492 e. The maximum Gasteiger partial charge on any atom is 0.343 e. The van der Waals surface area contributed by atoms with Gasteiger partial charge in [-0.2, -0.15) is 10.5 Å². The Labute approximate surface area is 269 Å². The highest BCUT2D eigenvalue weighted by Crippen LogP contribution is 2.30. The molecular formula is C38H48N4O3. The summed E-state index contributed by atoms with van der Waals surface area (Å²) in [4.78, 5) is 22.0. The second kappa shape index (κ2) is 20.7. The van der Waals surface area contributed by atoms with Crippen molar-refractivity contribution in [3.63, 3.8) is 0 Å². The molecule has 2 aromatic carbocycles. The number of unbranched alkanes of at least 4 members (excludes halogenated alkanes) is 13. The predicted octanol–water partition coefficient (Wildman–Crippen LogP) is 9.92. The van der Waals surface area contributed by atoms with E-state index in [2.05, 4.69) is 23.8 Å². The van der Waals surface area contributed by atoms with Gasteiger partial charge in [-0.25, -0.2) is 14.8 Å². The zero-order valence-electron chi connectivity index (χ0n) is 27.2. The monoisotopic (exact) mass is 608 g/mol. The van der Waals surface area contributed by atoms with E-state index in [1.807, 2.05) is 24.5 Å². The molecule has 0 unspecified atom stereocenters. The Bertz CT molecular complexity index is 1390. The van der Waals surface area contributed by atoms with Gasteiger partial charge in [0.05, 0.1) is 12.2 Å². The number of aryl methyl sites for hydroxylation is 1. The van der Waals surface area contributed by atoms with Gasteiger partial charge < -0.3 is 9.47 Å². The molecule has 0 spiro atoms. The molecule has 0 aliphatic carbocycles. The molecule has 0 saturated carbocycles. The molecule has 0 saturated heterocycles. The first kappa shape index (κ1) is 35.3. The summed E-state index contributed by atoms with van der Waals surface area (Å²) in [6.45, 7) is 4.91. The first-order valence-corrected chi connectivity index (χ1v) is 16.8. The summed E-state index contributed by atoms with van der Waals surface area (Å²) in [5.41, 5.74) is 2.29. The predicted molar refractivity (Wildman–Crippen MR) is 178 cm³/mol. The topological polar surface area (TPSA) is 109 Å². The molecule has 0 aliphatic rings. The summed E-state index contributed by atoms with van der Waals surface area (Å²) in [7, 11) is 0. The Kier molecular flexibility index (Phi) is 16.2. The van der Waals surface area contributed by atoms with E-state index in [1.54, 1.807) is 30.3 Å². The van der Waals surface area contributed by atoms with E-state index in [0.717, 1.165) is 43.2 Å². The molecule has 1 heterocycles. The zero-order valence-corrected chi connectivity index (χ0v) is 27.2. The number of hydrogen-bond acceptors (Lipinski definition) is 7. The van der Waals surface area contributed by atoms with Crippen molar-refractivity contribution in [1.82, 2.24) is 9.97 Å². The number of ether oxygens (including phenoxy) is 2. The fourth-order valence-electron chi connectivity index (χ4n) is 5.24. The summed E-state index contributed by atoms with van der Waals surface area (Å²) >= 11 is 0. The van der Waals surface area contributed by atoms with Gasteiger partial charge in [0.2, 0.25) is 0 Å². The third-order valence-corrected chi connectivity index (χ3v) is 7.96. The highest BCUT2D eigenvalue weighted by atomic mass is 16.5. The van der Waals surface area contributed by atoms with Crippen molar-refractivity contribution in [1.29, 1.82) is 10.5 Å². The minimum atomic E-state index is -0.625. The van der Waals surface area contributed by atoms with Gasteiger partial charge in [-0.3, -0.25) is 0 Å². The molecule has 238 valence electrons. The number of benzene rings is 2. The molecule has 0 bridgehead atoms. The lowest BCUT2D eigenvalue weighted by atomic mass is 10.1. The molecule has 1 aromatic heterocycles. The zero-order chi connectivity index (χ0) is 32.1. The smallest absolute Gasteiger partial charge is 0.343 e. The SMILES string of the molecule is CCCCCCCCCCc1cnc(-c2ccc(C(=O)Oc3ccc(OCCCCCCCCC)c(C#N)c3C#N)cc2)nc1. The Hall–Kier alpha value is -4.23. The number of carbonyl (C=O) groups is 1. The minimum absolute atomic E-state index is 0.0139. The highest BCUT2D eigenvalue weighted by Gasteiger charge is 2.19. The van der Waals surface area contributed by atoms with Gasteiger partial charge in [0.1, 0.15) is 29.0 Å². The van der Waals surface area contributed by atoms with Crippen LogP contribution < -0.4 is 9.47 Å². The number of carbonyl (C=O) groups excluding carboxylic acids is 1. The fraction of sp³-hybridized carbons (Fsp3) is 0.500. The van der Waals surface area contributed by atoms with Crippen molar-refractivity contribution >= 4 is 5.97 Å². The largest absolute Gasteiger partial charge is 0.492 e. The second-order valence-corrected chi connectivity index (χ2v) is 11.6. The lowest BCUT2D eigenvalue weighted by Crippen LogP contribution is -2.10. The van der Waals surface area contributed by atoms with Crippen LogP contribution in [0.1, 0.15) is 137 Å². The summed E-state index contributed by atoms with van der Waals surface area (Å²) in [6, 6.07) is 14.0. The number of aromatic nitrogens is 2. The van der Waals surface area contributed by atoms with Crippen LogP contribution in [-0.4, -0.2) is 22.5 Å². The molecule has 0 atom stereocenters. The third kappa shape index (κ3) is 12.0. The Morgan fingerprint density at radius 2 is 1.18 bits per heavy atom.